The number of nitrogens with zero attached hydrogens (tertiary/aromatic N) is 2. The summed E-state index contributed by atoms with van der Waals surface area (Å²) in [4.78, 5) is 24.4. The van der Waals surface area contributed by atoms with Crippen molar-refractivity contribution in [1.29, 1.82) is 0 Å². The third-order valence-corrected chi connectivity index (χ3v) is 2.99. The van der Waals surface area contributed by atoms with Crippen molar-refractivity contribution in [2.45, 2.75) is 26.8 Å². The van der Waals surface area contributed by atoms with Crippen LogP contribution in [0.4, 0.5) is 0 Å². The largest absolute Gasteiger partial charge is 0.480 e. The summed E-state index contributed by atoms with van der Waals surface area (Å²) in [6.45, 7) is 4.96. The molecule has 0 fully saturated rings. The molecule has 1 amide bonds. The minimum Gasteiger partial charge on any atom is -0.480 e. The van der Waals surface area contributed by atoms with Gasteiger partial charge in [-0.25, -0.2) is 0 Å². The molecule has 2 N–H and O–H groups in total. The molecule has 0 saturated carbocycles. The van der Waals surface area contributed by atoms with Crippen LogP contribution in [0.5, 0.6) is 0 Å². The number of carboxylic acids is 1. The first-order valence-corrected chi connectivity index (χ1v) is 6.53. The van der Waals surface area contributed by atoms with Gasteiger partial charge in [-0.15, -0.1) is 0 Å². The SMILES string of the molecule is Cc1ccc(-c2cc(C(=O)N(CC(=O)O)C(C)C)n[nH]2)o1. The van der Waals surface area contributed by atoms with Crippen LogP contribution in [0.25, 0.3) is 11.5 Å². The van der Waals surface area contributed by atoms with Crippen molar-refractivity contribution in [2.75, 3.05) is 6.54 Å². The highest BCUT2D eigenvalue weighted by Crippen LogP contribution is 2.21. The Labute approximate surface area is 121 Å². The fourth-order valence-corrected chi connectivity index (χ4v) is 1.92. The Morgan fingerprint density at radius 2 is 2.14 bits per heavy atom. The van der Waals surface area contributed by atoms with E-state index in [4.69, 9.17) is 9.52 Å². The maximum absolute atomic E-state index is 12.3. The van der Waals surface area contributed by atoms with Crippen LogP contribution in [-0.2, 0) is 4.79 Å². The van der Waals surface area contributed by atoms with Gasteiger partial charge in [-0.2, -0.15) is 5.10 Å². The monoisotopic (exact) mass is 291 g/mol. The third-order valence-electron chi connectivity index (χ3n) is 2.99. The third kappa shape index (κ3) is 3.31. The number of aliphatic carboxylic acids is 1. The molecule has 0 aromatic carbocycles. The zero-order valence-electron chi connectivity index (χ0n) is 12.1. The Kier molecular flexibility index (Phi) is 4.11. The maximum atomic E-state index is 12.3. The molecule has 2 aromatic heterocycles. The number of amides is 1. The van der Waals surface area contributed by atoms with E-state index in [0.717, 1.165) is 5.76 Å². The van der Waals surface area contributed by atoms with E-state index >= 15 is 0 Å². The van der Waals surface area contributed by atoms with Crippen molar-refractivity contribution < 1.29 is 19.1 Å². The first-order valence-electron chi connectivity index (χ1n) is 6.53. The highest BCUT2D eigenvalue weighted by molar-refractivity contribution is 5.95. The Bertz CT molecular complexity index is 657. The lowest BCUT2D eigenvalue weighted by molar-refractivity contribution is -0.138. The van der Waals surface area contributed by atoms with Crippen molar-refractivity contribution in [3.05, 3.63) is 29.7 Å². The van der Waals surface area contributed by atoms with Crippen LogP contribution < -0.4 is 0 Å². The summed E-state index contributed by atoms with van der Waals surface area (Å²) in [6.07, 6.45) is 0. The van der Waals surface area contributed by atoms with Crippen LogP contribution in [-0.4, -0.2) is 44.7 Å². The molecule has 0 bridgehead atoms. The molecule has 0 aliphatic carbocycles. The van der Waals surface area contributed by atoms with Crippen molar-refractivity contribution >= 4 is 11.9 Å². The molecule has 0 aliphatic rings. The van der Waals surface area contributed by atoms with Crippen LogP contribution in [0.3, 0.4) is 0 Å². The van der Waals surface area contributed by atoms with Gasteiger partial charge in [-0.3, -0.25) is 14.7 Å². The number of carbonyl (C=O) groups is 2. The Morgan fingerprint density at radius 1 is 1.43 bits per heavy atom. The molecular weight excluding hydrogens is 274 g/mol. The number of H-pyrrole nitrogens is 1. The Morgan fingerprint density at radius 3 is 2.67 bits per heavy atom. The van der Waals surface area contributed by atoms with E-state index in [-0.39, 0.29) is 18.3 Å². The number of aromatic nitrogens is 2. The van der Waals surface area contributed by atoms with E-state index in [1.165, 1.54) is 4.90 Å². The van der Waals surface area contributed by atoms with E-state index in [2.05, 4.69) is 10.2 Å². The highest BCUT2D eigenvalue weighted by Gasteiger charge is 2.24. The first kappa shape index (κ1) is 14.8. The quantitative estimate of drug-likeness (QED) is 0.876. The average Bonchev–Trinajstić information content (AvgIpc) is 3.03. The van der Waals surface area contributed by atoms with Gasteiger partial charge in [0.2, 0.25) is 0 Å². The Balaban J connectivity index is 2.23. The summed E-state index contributed by atoms with van der Waals surface area (Å²) < 4.78 is 5.44. The van der Waals surface area contributed by atoms with Gasteiger partial charge in [0.25, 0.3) is 5.91 Å². The molecule has 0 saturated heterocycles. The zero-order valence-corrected chi connectivity index (χ0v) is 12.1. The molecule has 0 atom stereocenters. The van der Waals surface area contributed by atoms with Gasteiger partial charge >= 0.3 is 5.97 Å². The number of furan rings is 1. The molecule has 7 nitrogen and oxygen atoms in total. The van der Waals surface area contributed by atoms with E-state index in [1.807, 2.05) is 13.0 Å². The van der Waals surface area contributed by atoms with Crippen molar-refractivity contribution in [2.24, 2.45) is 0 Å². The molecule has 0 unspecified atom stereocenters. The fraction of sp³-hybridized carbons (Fsp3) is 0.357. The summed E-state index contributed by atoms with van der Waals surface area (Å²) in [5.74, 6) is -0.164. The lowest BCUT2D eigenvalue weighted by atomic mass is 10.2. The molecule has 21 heavy (non-hydrogen) atoms. The van der Waals surface area contributed by atoms with Crippen LogP contribution >= 0.6 is 0 Å². The predicted molar refractivity (Wildman–Crippen MR) is 74.8 cm³/mol. The zero-order chi connectivity index (χ0) is 15.6. The topological polar surface area (TPSA) is 99.4 Å². The standard InChI is InChI=1S/C14H17N3O4/c1-8(2)17(7-13(18)19)14(20)11-6-10(15-16-11)12-5-4-9(3)21-12/h4-6,8H,7H2,1-3H3,(H,15,16)(H,18,19). The predicted octanol–water partition coefficient (Wildman–Crippen LogP) is 1.91. The van der Waals surface area contributed by atoms with E-state index < -0.39 is 11.9 Å². The second kappa shape index (κ2) is 5.82. The van der Waals surface area contributed by atoms with Crippen molar-refractivity contribution in [1.82, 2.24) is 15.1 Å². The molecular formula is C14H17N3O4. The molecule has 0 spiro atoms. The molecule has 2 rings (SSSR count). The molecule has 7 heteroatoms. The first-order chi connectivity index (χ1) is 9.88. The van der Waals surface area contributed by atoms with Gasteiger partial charge in [0.05, 0.1) is 0 Å². The number of hydrogen-bond acceptors (Lipinski definition) is 4. The fourth-order valence-electron chi connectivity index (χ4n) is 1.92. The maximum Gasteiger partial charge on any atom is 0.323 e. The van der Waals surface area contributed by atoms with Crippen LogP contribution in [0.15, 0.2) is 22.6 Å². The van der Waals surface area contributed by atoms with Gasteiger partial charge in [0.15, 0.2) is 11.5 Å². The molecule has 2 aromatic rings. The number of aromatic amines is 1. The molecule has 112 valence electrons. The number of carbonyl (C=O) groups excluding carboxylic acids is 1. The number of aryl methyl sites for hydroxylation is 1. The average molecular weight is 291 g/mol. The molecule has 2 heterocycles. The van der Waals surface area contributed by atoms with Gasteiger partial charge in [-0.1, -0.05) is 0 Å². The van der Waals surface area contributed by atoms with Gasteiger partial charge < -0.3 is 14.4 Å². The second-order valence-corrected chi connectivity index (χ2v) is 5.00. The van der Waals surface area contributed by atoms with E-state index in [9.17, 15) is 9.59 Å². The highest BCUT2D eigenvalue weighted by atomic mass is 16.4. The number of hydrogen-bond donors (Lipinski definition) is 2. The minimum atomic E-state index is -1.06. The van der Waals surface area contributed by atoms with E-state index in [1.54, 1.807) is 26.0 Å². The molecule has 0 aliphatic heterocycles. The molecule has 0 radical (unpaired) electrons. The summed E-state index contributed by atoms with van der Waals surface area (Å²) >= 11 is 0. The van der Waals surface area contributed by atoms with Crippen LogP contribution in [0.2, 0.25) is 0 Å². The Hall–Kier alpha value is -2.57. The number of nitrogens with one attached hydrogen (secondary N) is 1. The van der Waals surface area contributed by atoms with Crippen LogP contribution in [0, 0.1) is 6.92 Å². The van der Waals surface area contributed by atoms with E-state index in [0.29, 0.717) is 11.5 Å². The number of rotatable bonds is 5. The van der Waals surface area contributed by atoms with Crippen LogP contribution in [0.1, 0.15) is 30.1 Å². The van der Waals surface area contributed by atoms with Crippen molar-refractivity contribution in [3.8, 4) is 11.5 Å². The second-order valence-electron chi connectivity index (χ2n) is 5.00. The van der Waals surface area contributed by atoms with Crippen molar-refractivity contribution in [3.63, 3.8) is 0 Å². The number of carboxylic acid groups (broad SMARTS) is 1. The minimum absolute atomic E-state index is 0.161. The lowest BCUT2D eigenvalue weighted by Crippen LogP contribution is -2.40. The normalized spacial score (nSPS) is 10.9. The summed E-state index contributed by atoms with van der Waals surface area (Å²) in [5, 5.41) is 15.5. The van der Waals surface area contributed by atoms with Gasteiger partial charge in [-0.05, 0) is 32.9 Å². The van der Waals surface area contributed by atoms with Gasteiger partial charge in [0, 0.05) is 12.1 Å². The van der Waals surface area contributed by atoms with Gasteiger partial charge in [0.1, 0.15) is 18.0 Å². The summed E-state index contributed by atoms with van der Waals surface area (Å²) in [5.41, 5.74) is 0.736. The summed E-state index contributed by atoms with van der Waals surface area (Å²) in [6, 6.07) is 4.90. The smallest absolute Gasteiger partial charge is 0.323 e. The lowest BCUT2D eigenvalue weighted by Gasteiger charge is -2.23. The summed E-state index contributed by atoms with van der Waals surface area (Å²) in [7, 11) is 0.